The van der Waals surface area contributed by atoms with E-state index in [1.54, 1.807) is 7.11 Å². The minimum Gasteiger partial charge on any atom is -0.496 e. The van der Waals surface area contributed by atoms with Crippen LogP contribution in [0.15, 0.2) is 18.2 Å². The molecule has 3 nitrogen and oxygen atoms in total. The molecule has 3 atom stereocenters. The van der Waals surface area contributed by atoms with E-state index >= 15 is 0 Å². The van der Waals surface area contributed by atoms with E-state index in [0.29, 0.717) is 12.1 Å². The van der Waals surface area contributed by atoms with Crippen LogP contribution in [-0.4, -0.2) is 24.2 Å². The second kappa shape index (κ2) is 6.59. The Balaban J connectivity index is 2.13. The Morgan fingerprint density at radius 1 is 1.25 bits per heavy atom. The minimum absolute atomic E-state index is 0.258. The van der Waals surface area contributed by atoms with Crippen LogP contribution in [0.1, 0.15) is 57.2 Å². The Kier molecular flexibility index (Phi) is 5.06. The van der Waals surface area contributed by atoms with E-state index in [2.05, 4.69) is 56.3 Å². The van der Waals surface area contributed by atoms with Crippen LogP contribution in [0.4, 0.5) is 0 Å². The van der Waals surface area contributed by atoms with Crippen molar-refractivity contribution in [2.75, 3.05) is 7.11 Å². The monoisotopic (exact) mass is 276 g/mol. The van der Waals surface area contributed by atoms with Crippen molar-refractivity contribution in [2.45, 2.75) is 65.1 Å². The summed E-state index contributed by atoms with van der Waals surface area (Å²) in [6, 6.07) is 7.88. The van der Waals surface area contributed by atoms with Gasteiger partial charge in [-0.3, -0.25) is 0 Å². The lowest BCUT2D eigenvalue weighted by molar-refractivity contribution is 0.0317. The Hall–Kier alpha value is -1.06. The molecule has 0 aliphatic carbocycles. The molecule has 1 aromatic rings. The Morgan fingerprint density at radius 3 is 2.50 bits per heavy atom. The fourth-order valence-corrected chi connectivity index (χ4v) is 3.14. The molecule has 0 aromatic heterocycles. The average molecular weight is 276 g/mol. The van der Waals surface area contributed by atoms with Gasteiger partial charge < -0.3 is 4.74 Å². The van der Waals surface area contributed by atoms with Crippen molar-refractivity contribution in [1.29, 1.82) is 0 Å². The van der Waals surface area contributed by atoms with Crippen molar-refractivity contribution in [3.63, 3.8) is 0 Å². The molecule has 3 unspecified atom stereocenters. The molecule has 0 amide bonds. The molecule has 20 heavy (non-hydrogen) atoms. The summed E-state index contributed by atoms with van der Waals surface area (Å²) in [5.74, 6) is 0.974. The number of rotatable bonds is 4. The third kappa shape index (κ3) is 3.33. The maximum Gasteiger partial charge on any atom is 0.123 e. The Bertz CT molecular complexity index is 437. The number of hydrazine groups is 1. The van der Waals surface area contributed by atoms with Crippen LogP contribution in [-0.2, 0) is 0 Å². The molecule has 0 radical (unpaired) electrons. The smallest absolute Gasteiger partial charge is 0.123 e. The highest BCUT2D eigenvalue weighted by molar-refractivity contribution is 5.38. The predicted octanol–water partition coefficient (Wildman–Crippen LogP) is 3.83. The average Bonchev–Trinajstić information content (AvgIpc) is 2.42. The second-order valence-corrected chi connectivity index (χ2v) is 6.13. The summed E-state index contributed by atoms with van der Waals surface area (Å²) in [6.07, 6.45) is 3.88. The molecule has 0 spiro atoms. The van der Waals surface area contributed by atoms with Gasteiger partial charge in [-0.15, -0.1) is 0 Å². The molecule has 1 N–H and O–H groups in total. The van der Waals surface area contributed by atoms with Crippen molar-refractivity contribution in [2.24, 2.45) is 0 Å². The summed E-state index contributed by atoms with van der Waals surface area (Å²) in [7, 11) is 1.75. The number of ether oxygens (including phenoxy) is 1. The standard InChI is InChI=1S/C17H28N2O/c1-12-9-10-16(17(11-12)20-5)15(4)18-19-13(2)7-6-8-14(19)3/h9-11,13-15,18H,6-8H2,1-5H3. The van der Waals surface area contributed by atoms with Crippen LogP contribution in [0.25, 0.3) is 0 Å². The number of aryl methyl sites for hydroxylation is 1. The first-order valence-corrected chi connectivity index (χ1v) is 7.72. The number of piperidine rings is 1. The molecular weight excluding hydrogens is 248 g/mol. The van der Waals surface area contributed by atoms with Crippen LogP contribution in [0.5, 0.6) is 5.75 Å². The first kappa shape index (κ1) is 15.3. The highest BCUT2D eigenvalue weighted by Gasteiger charge is 2.26. The molecule has 3 heteroatoms. The number of methoxy groups -OCH3 is 1. The number of nitrogens with one attached hydrogen (secondary N) is 1. The van der Waals surface area contributed by atoms with Crippen molar-refractivity contribution in [3.8, 4) is 5.75 Å². The van der Waals surface area contributed by atoms with Crippen LogP contribution >= 0.6 is 0 Å². The van der Waals surface area contributed by atoms with Gasteiger partial charge in [0.1, 0.15) is 5.75 Å². The summed E-state index contributed by atoms with van der Waals surface area (Å²) in [6.45, 7) is 8.92. The van der Waals surface area contributed by atoms with Crippen LogP contribution in [0.2, 0.25) is 0 Å². The highest BCUT2D eigenvalue weighted by Crippen LogP contribution is 2.28. The van der Waals surface area contributed by atoms with Gasteiger partial charge in [-0.2, -0.15) is 0 Å². The van der Waals surface area contributed by atoms with E-state index in [-0.39, 0.29) is 6.04 Å². The van der Waals surface area contributed by atoms with Gasteiger partial charge in [0.25, 0.3) is 0 Å². The molecule has 1 saturated heterocycles. The summed E-state index contributed by atoms with van der Waals surface area (Å²) in [4.78, 5) is 0. The summed E-state index contributed by atoms with van der Waals surface area (Å²) in [5, 5.41) is 2.42. The number of benzene rings is 1. The van der Waals surface area contributed by atoms with Gasteiger partial charge in [0.15, 0.2) is 0 Å². The summed E-state index contributed by atoms with van der Waals surface area (Å²) < 4.78 is 5.53. The lowest BCUT2D eigenvalue weighted by Crippen LogP contribution is -2.52. The zero-order valence-corrected chi connectivity index (χ0v) is 13.4. The molecular formula is C17H28N2O. The van der Waals surface area contributed by atoms with Gasteiger partial charge in [0, 0.05) is 23.7 Å². The van der Waals surface area contributed by atoms with Crippen LogP contribution in [0, 0.1) is 6.92 Å². The van der Waals surface area contributed by atoms with Crippen molar-refractivity contribution in [1.82, 2.24) is 10.4 Å². The molecule has 1 heterocycles. The zero-order chi connectivity index (χ0) is 14.7. The van der Waals surface area contributed by atoms with E-state index in [0.717, 1.165) is 5.75 Å². The largest absolute Gasteiger partial charge is 0.496 e. The molecule has 1 aliphatic rings. The number of hydrogen-bond acceptors (Lipinski definition) is 3. The Morgan fingerprint density at radius 2 is 1.90 bits per heavy atom. The molecule has 2 rings (SSSR count). The predicted molar refractivity (Wildman–Crippen MR) is 83.9 cm³/mol. The fourth-order valence-electron chi connectivity index (χ4n) is 3.14. The van der Waals surface area contributed by atoms with Gasteiger partial charge in [0.2, 0.25) is 0 Å². The second-order valence-electron chi connectivity index (χ2n) is 6.13. The van der Waals surface area contributed by atoms with Gasteiger partial charge in [-0.25, -0.2) is 10.4 Å². The normalized spacial score (nSPS) is 25.4. The number of hydrogen-bond donors (Lipinski definition) is 1. The molecule has 0 saturated carbocycles. The molecule has 1 aromatic carbocycles. The SMILES string of the molecule is COc1cc(C)ccc1C(C)NN1C(C)CCCC1C. The van der Waals surface area contributed by atoms with Crippen LogP contribution in [0.3, 0.4) is 0 Å². The first-order chi connectivity index (χ1) is 9.52. The van der Waals surface area contributed by atoms with Gasteiger partial charge >= 0.3 is 0 Å². The molecule has 1 fully saturated rings. The maximum absolute atomic E-state index is 5.53. The van der Waals surface area contributed by atoms with Gasteiger partial charge in [-0.05, 0) is 52.2 Å². The van der Waals surface area contributed by atoms with E-state index < -0.39 is 0 Å². The molecule has 1 aliphatic heterocycles. The third-order valence-electron chi connectivity index (χ3n) is 4.39. The molecule has 0 bridgehead atoms. The van der Waals surface area contributed by atoms with Gasteiger partial charge in [-0.1, -0.05) is 18.6 Å². The van der Waals surface area contributed by atoms with Crippen molar-refractivity contribution in [3.05, 3.63) is 29.3 Å². The lowest BCUT2D eigenvalue weighted by atomic mass is 9.99. The zero-order valence-electron chi connectivity index (χ0n) is 13.4. The van der Waals surface area contributed by atoms with E-state index in [1.807, 2.05) is 0 Å². The summed E-state index contributed by atoms with van der Waals surface area (Å²) in [5.41, 5.74) is 6.14. The fraction of sp³-hybridized carbons (Fsp3) is 0.647. The van der Waals surface area contributed by atoms with E-state index in [9.17, 15) is 0 Å². The minimum atomic E-state index is 0.258. The van der Waals surface area contributed by atoms with Crippen LogP contribution < -0.4 is 10.2 Å². The quantitative estimate of drug-likeness (QED) is 0.904. The summed E-state index contributed by atoms with van der Waals surface area (Å²) >= 11 is 0. The van der Waals surface area contributed by atoms with Gasteiger partial charge in [0.05, 0.1) is 7.11 Å². The van der Waals surface area contributed by atoms with E-state index in [1.165, 1.54) is 30.4 Å². The topological polar surface area (TPSA) is 24.5 Å². The number of nitrogens with zero attached hydrogens (tertiary/aromatic N) is 1. The Labute approximate surface area is 123 Å². The van der Waals surface area contributed by atoms with Crippen molar-refractivity contribution >= 4 is 0 Å². The van der Waals surface area contributed by atoms with E-state index in [4.69, 9.17) is 4.74 Å². The molecule has 112 valence electrons. The highest BCUT2D eigenvalue weighted by atomic mass is 16.5. The maximum atomic E-state index is 5.53. The third-order valence-corrected chi connectivity index (χ3v) is 4.39. The van der Waals surface area contributed by atoms with Crippen molar-refractivity contribution < 1.29 is 4.74 Å². The first-order valence-electron chi connectivity index (χ1n) is 7.72. The lowest BCUT2D eigenvalue weighted by Gasteiger charge is -2.41.